The van der Waals surface area contributed by atoms with Gasteiger partial charge in [0.25, 0.3) is 5.91 Å². The summed E-state index contributed by atoms with van der Waals surface area (Å²) in [6.07, 6.45) is 9.54. The van der Waals surface area contributed by atoms with Crippen LogP contribution < -0.4 is 0 Å². The molecule has 1 fully saturated rings. The largest absolute Gasteiger partial charge is 0.337 e. The molecule has 4 aromatic heterocycles. The van der Waals surface area contributed by atoms with E-state index in [1.807, 2.05) is 35.4 Å². The Morgan fingerprint density at radius 1 is 0.968 bits per heavy atom. The fourth-order valence-electron chi connectivity index (χ4n) is 4.30. The lowest BCUT2D eigenvalue weighted by Gasteiger charge is -2.34. The molecule has 0 atom stereocenters. The molecule has 1 saturated heterocycles. The van der Waals surface area contributed by atoms with E-state index in [2.05, 4.69) is 57.9 Å². The van der Waals surface area contributed by atoms with Crippen LogP contribution in [0.5, 0.6) is 0 Å². The molecular weight excluding hydrogens is 388 g/mol. The highest BCUT2D eigenvalue weighted by atomic mass is 16.2. The van der Waals surface area contributed by atoms with E-state index in [0.29, 0.717) is 11.7 Å². The second-order valence-electron chi connectivity index (χ2n) is 8.27. The van der Waals surface area contributed by atoms with Crippen LogP contribution >= 0.6 is 0 Å². The maximum absolute atomic E-state index is 13.0. The van der Waals surface area contributed by atoms with Crippen molar-refractivity contribution in [3.05, 3.63) is 72.9 Å². The number of piperidine rings is 1. The monoisotopic (exact) mass is 414 g/mol. The molecule has 5 heterocycles. The second-order valence-corrected chi connectivity index (χ2v) is 8.27. The SMILES string of the molecule is CN(C)C1CCN(C(=O)c2ccn(-c3ccc4ccc(-c5ccncc5)cn34)n2)CC1. The van der Waals surface area contributed by atoms with Gasteiger partial charge in [-0.1, -0.05) is 6.07 Å². The molecule has 7 heteroatoms. The number of aromatic nitrogens is 4. The number of carbonyl (C=O) groups is 1. The molecule has 0 aliphatic carbocycles. The van der Waals surface area contributed by atoms with Crippen molar-refractivity contribution >= 4 is 11.4 Å². The Kier molecular flexibility index (Phi) is 5.03. The summed E-state index contributed by atoms with van der Waals surface area (Å²) in [6.45, 7) is 1.55. The summed E-state index contributed by atoms with van der Waals surface area (Å²) >= 11 is 0. The maximum atomic E-state index is 13.0. The Bertz CT molecular complexity index is 1200. The van der Waals surface area contributed by atoms with Crippen molar-refractivity contribution < 1.29 is 4.79 Å². The number of fused-ring (bicyclic) bond motifs is 1. The van der Waals surface area contributed by atoms with E-state index < -0.39 is 0 Å². The number of hydrogen-bond donors (Lipinski definition) is 0. The van der Waals surface area contributed by atoms with Gasteiger partial charge in [-0.15, -0.1) is 0 Å². The van der Waals surface area contributed by atoms with E-state index in [1.165, 1.54) is 0 Å². The van der Waals surface area contributed by atoms with Gasteiger partial charge in [0.2, 0.25) is 0 Å². The third-order valence-corrected chi connectivity index (χ3v) is 6.17. The van der Waals surface area contributed by atoms with Crippen LogP contribution in [0.25, 0.3) is 22.5 Å². The van der Waals surface area contributed by atoms with Gasteiger partial charge < -0.3 is 14.2 Å². The fraction of sp³-hybridized carbons (Fsp3) is 0.292. The van der Waals surface area contributed by atoms with Gasteiger partial charge in [-0.2, -0.15) is 5.10 Å². The lowest BCUT2D eigenvalue weighted by molar-refractivity contribution is 0.0657. The van der Waals surface area contributed by atoms with Crippen LogP contribution in [0.4, 0.5) is 0 Å². The molecule has 158 valence electrons. The molecule has 1 amide bonds. The first kappa shape index (κ1) is 19.5. The number of carbonyl (C=O) groups excluding carboxylic acids is 1. The van der Waals surface area contributed by atoms with Crippen LogP contribution in [0, 0.1) is 0 Å². The minimum absolute atomic E-state index is 0.00860. The number of likely N-dealkylation sites (tertiary alicyclic amines) is 1. The summed E-state index contributed by atoms with van der Waals surface area (Å²) in [5.74, 6) is 0.908. The van der Waals surface area contributed by atoms with Crippen LogP contribution in [0.2, 0.25) is 0 Å². The lowest BCUT2D eigenvalue weighted by Crippen LogP contribution is -2.44. The highest BCUT2D eigenvalue weighted by molar-refractivity contribution is 5.92. The lowest BCUT2D eigenvalue weighted by atomic mass is 10.0. The first-order chi connectivity index (χ1) is 15.1. The van der Waals surface area contributed by atoms with Gasteiger partial charge in [0.1, 0.15) is 5.82 Å². The molecule has 0 radical (unpaired) electrons. The summed E-state index contributed by atoms with van der Waals surface area (Å²) in [4.78, 5) is 21.3. The third kappa shape index (κ3) is 3.72. The molecule has 1 aliphatic heterocycles. The molecule has 0 unspecified atom stereocenters. The van der Waals surface area contributed by atoms with Gasteiger partial charge in [0, 0.05) is 49.4 Å². The van der Waals surface area contributed by atoms with Crippen LogP contribution in [0.15, 0.2) is 67.3 Å². The molecular formula is C24H26N6O. The number of nitrogens with zero attached hydrogens (tertiary/aromatic N) is 6. The first-order valence-electron chi connectivity index (χ1n) is 10.6. The Morgan fingerprint density at radius 3 is 2.45 bits per heavy atom. The van der Waals surface area contributed by atoms with Crippen LogP contribution in [-0.4, -0.2) is 68.1 Å². The van der Waals surface area contributed by atoms with E-state index in [1.54, 1.807) is 17.1 Å². The fourth-order valence-corrected chi connectivity index (χ4v) is 4.30. The van der Waals surface area contributed by atoms with E-state index in [0.717, 1.165) is 48.4 Å². The molecule has 0 saturated carbocycles. The summed E-state index contributed by atoms with van der Waals surface area (Å²) in [6, 6.07) is 14.6. The smallest absolute Gasteiger partial charge is 0.274 e. The topological polar surface area (TPSA) is 58.7 Å². The molecule has 1 aliphatic rings. The van der Waals surface area contributed by atoms with Crippen molar-refractivity contribution in [3.8, 4) is 16.9 Å². The normalized spacial score (nSPS) is 15.1. The van der Waals surface area contributed by atoms with Gasteiger partial charge in [-0.3, -0.25) is 9.78 Å². The zero-order valence-electron chi connectivity index (χ0n) is 17.8. The number of amides is 1. The Labute approximate surface area is 181 Å². The number of rotatable bonds is 4. The molecule has 0 spiro atoms. The average Bonchev–Trinajstić information content (AvgIpc) is 3.46. The number of pyridine rings is 2. The zero-order valence-corrected chi connectivity index (χ0v) is 17.8. The van der Waals surface area contributed by atoms with Gasteiger partial charge in [0.05, 0.1) is 0 Å². The summed E-state index contributed by atoms with van der Waals surface area (Å²) < 4.78 is 3.88. The van der Waals surface area contributed by atoms with Gasteiger partial charge >= 0.3 is 0 Å². The highest BCUT2D eigenvalue weighted by Gasteiger charge is 2.26. The molecule has 31 heavy (non-hydrogen) atoms. The summed E-state index contributed by atoms with van der Waals surface area (Å²) in [7, 11) is 4.21. The van der Waals surface area contributed by atoms with Crippen molar-refractivity contribution in [1.29, 1.82) is 0 Å². The molecule has 7 nitrogen and oxygen atoms in total. The third-order valence-electron chi connectivity index (χ3n) is 6.17. The van der Waals surface area contributed by atoms with E-state index in [9.17, 15) is 4.79 Å². The Hall–Kier alpha value is -3.45. The van der Waals surface area contributed by atoms with Crippen molar-refractivity contribution in [2.75, 3.05) is 27.2 Å². The zero-order chi connectivity index (χ0) is 21.4. The quantitative estimate of drug-likeness (QED) is 0.514. The van der Waals surface area contributed by atoms with Crippen molar-refractivity contribution in [2.45, 2.75) is 18.9 Å². The molecule has 4 aromatic rings. The Balaban J connectivity index is 1.40. The van der Waals surface area contributed by atoms with Crippen LogP contribution in [0.3, 0.4) is 0 Å². The summed E-state index contributed by atoms with van der Waals surface area (Å²) in [5.41, 5.74) is 3.76. The molecule has 5 rings (SSSR count). The molecule has 0 aromatic carbocycles. The standard InChI is InChI=1S/C24H26N6O/c1-27(2)20-9-14-28(15-10-20)24(31)22-11-16-30(26-22)23-6-5-21-4-3-19(17-29(21)23)18-7-12-25-13-8-18/h3-8,11-13,16-17,20H,9-10,14-15H2,1-2H3. The van der Waals surface area contributed by atoms with Crippen LogP contribution in [0.1, 0.15) is 23.3 Å². The van der Waals surface area contributed by atoms with Crippen LogP contribution in [-0.2, 0) is 0 Å². The second kappa shape index (κ2) is 8.00. The minimum Gasteiger partial charge on any atom is -0.337 e. The minimum atomic E-state index is 0.00860. The van der Waals surface area contributed by atoms with Crippen molar-refractivity contribution in [1.82, 2.24) is 29.0 Å². The predicted octanol–water partition coefficient (Wildman–Crippen LogP) is 3.35. The Morgan fingerprint density at radius 2 is 1.71 bits per heavy atom. The first-order valence-corrected chi connectivity index (χ1v) is 10.6. The average molecular weight is 415 g/mol. The van der Waals surface area contributed by atoms with E-state index >= 15 is 0 Å². The highest BCUT2D eigenvalue weighted by Crippen LogP contribution is 2.23. The molecule has 0 bridgehead atoms. The van der Waals surface area contributed by atoms with Gasteiger partial charge in [0.15, 0.2) is 5.69 Å². The van der Waals surface area contributed by atoms with E-state index in [-0.39, 0.29) is 5.91 Å². The predicted molar refractivity (Wildman–Crippen MR) is 120 cm³/mol. The van der Waals surface area contributed by atoms with Gasteiger partial charge in [-0.05, 0) is 74.5 Å². The molecule has 0 N–H and O–H groups in total. The maximum Gasteiger partial charge on any atom is 0.274 e. The van der Waals surface area contributed by atoms with E-state index in [4.69, 9.17) is 0 Å². The van der Waals surface area contributed by atoms with Gasteiger partial charge in [-0.25, -0.2) is 4.68 Å². The number of hydrogen-bond acceptors (Lipinski definition) is 4. The van der Waals surface area contributed by atoms with Crippen molar-refractivity contribution in [3.63, 3.8) is 0 Å². The summed E-state index contributed by atoms with van der Waals surface area (Å²) in [5, 5.41) is 4.62. The van der Waals surface area contributed by atoms with Crippen molar-refractivity contribution in [2.24, 2.45) is 0 Å².